The first kappa shape index (κ1) is 11.9. The van der Waals surface area contributed by atoms with E-state index in [-0.39, 0.29) is 4.91 Å². The van der Waals surface area contributed by atoms with Gasteiger partial charge in [-0.15, -0.1) is 0 Å². The SMILES string of the molecule is C=C/C=C(\c1ccc(C)cc1C)S(=O)[O-]. The lowest BCUT2D eigenvalue weighted by molar-refractivity contribution is 0.548. The van der Waals surface area contributed by atoms with Crippen LogP contribution >= 0.6 is 0 Å². The smallest absolute Gasteiger partial charge is 0.0323 e. The van der Waals surface area contributed by atoms with Crippen LogP contribution in [-0.2, 0) is 11.1 Å². The van der Waals surface area contributed by atoms with Crippen LogP contribution in [0.3, 0.4) is 0 Å². The van der Waals surface area contributed by atoms with Crippen LogP contribution in [0.25, 0.3) is 4.91 Å². The van der Waals surface area contributed by atoms with E-state index in [1.165, 1.54) is 12.2 Å². The maximum atomic E-state index is 11.0. The Hall–Kier alpha value is -1.19. The molecule has 15 heavy (non-hydrogen) atoms. The Morgan fingerprint density at radius 2 is 2.13 bits per heavy atom. The molecule has 0 amide bonds. The van der Waals surface area contributed by atoms with Crippen molar-refractivity contribution < 1.29 is 8.76 Å². The van der Waals surface area contributed by atoms with Crippen molar-refractivity contribution in [1.29, 1.82) is 0 Å². The van der Waals surface area contributed by atoms with Gasteiger partial charge in [0.2, 0.25) is 0 Å². The van der Waals surface area contributed by atoms with E-state index in [9.17, 15) is 8.76 Å². The number of rotatable bonds is 3. The number of hydrogen-bond acceptors (Lipinski definition) is 2. The molecule has 0 aliphatic carbocycles. The van der Waals surface area contributed by atoms with Gasteiger partial charge in [-0.3, -0.25) is 4.21 Å². The predicted octanol–water partition coefficient (Wildman–Crippen LogP) is 2.71. The molecule has 0 aromatic heterocycles. The molecule has 0 spiro atoms. The minimum absolute atomic E-state index is 0.280. The van der Waals surface area contributed by atoms with Crippen molar-refractivity contribution in [2.45, 2.75) is 13.8 Å². The van der Waals surface area contributed by atoms with E-state index in [1.54, 1.807) is 0 Å². The molecule has 1 rings (SSSR count). The van der Waals surface area contributed by atoms with Gasteiger partial charge >= 0.3 is 0 Å². The lowest BCUT2D eigenvalue weighted by Crippen LogP contribution is -1.96. The van der Waals surface area contributed by atoms with Crippen LogP contribution < -0.4 is 0 Å². The highest BCUT2D eigenvalue weighted by molar-refractivity contribution is 7.89. The summed E-state index contributed by atoms with van der Waals surface area (Å²) < 4.78 is 22.0. The van der Waals surface area contributed by atoms with Gasteiger partial charge in [0.05, 0.1) is 0 Å². The molecular weight excluding hydrogens is 208 g/mol. The van der Waals surface area contributed by atoms with Crippen molar-refractivity contribution >= 4 is 16.0 Å². The standard InChI is InChI=1S/C12H14O2S/c1-4-5-12(15(13)14)11-7-6-9(2)8-10(11)3/h4-8H,1H2,2-3H3,(H,13,14)/p-1/b12-5+. The zero-order valence-corrected chi connectivity index (χ0v) is 9.64. The first-order chi connectivity index (χ1) is 7.06. The van der Waals surface area contributed by atoms with Gasteiger partial charge in [-0.25, -0.2) is 0 Å². The van der Waals surface area contributed by atoms with E-state index in [1.807, 2.05) is 32.0 Å². The zero-order valence-electron chi connectivity index (χ0n) is 8.82. The van der Waals surface area contributed by atoms with Crippen LogP contribution in [0.4, 0.5) is 0 Å². The van der Waals surface area contributed by atoms with Crippen molar-refractivity contribution in [3.8, 4) is 0 Å². The second-order valence-electron chi connectivity index (χ2n) is 3.32. The van der Waals surface area contributed by atoms with Gasteiger partial charge in [-0.1, -0.05) is 36.4 Å². The van der Waals surface area contributed by atoms with Crippen LogP contribution in [0.2, 0.25) is 0 Å². The molecule has 1 unspecified atom stereocenters. The number of hydrogen-bond donors (Lipinski definition) is 0. The van der Waals surface area contributed by atoms with Gasteiger partial charge in [0, 0.05) is 4.91 Å². The summed E-state index contributed by atoms with van der Waals surface area (Å²) in [4.78, 5) is 0.280. The normalized spacial score (nSPS) is 13.7. The fourth-order valence-electron chi connectivity index (χ4n) is 1.43. The summed E-state index contributed by atoms with van der Waals surface area (Å²) in [7, 11) is 0. The Balaban J connectivity index is 3.30. The van der Waals surface area contributed by atoms with Gasteiger partial charge in [0.25, 0.3) is 0 Å². The van der Waals surface area contributed by atoms with Crippen molar-refractivity contribution in [2.75, 3.05) is 0 Å². The van der Waals surface area contributed by atoms with Gasteiger partial charge in [0.15, 0.2) is 0 Å². The molecule has 1 aromatic rings. The quantitative estimate of drug-likeness (QED) is 0.581. The maximum Gasteiger partial charge on any atom is 0.0323 e. The lowest BCUT2D eigenvalue weighted by Gasteiger charge is -2.13. The molecule has 0 radical (unpaired) electrons. The van der Waals surface area contributed by atoms with E-state index in [2.05, 4.69) is 6.58 Å². The minimum Gasteiger partial charge on any atom is -0.768 e. The van der Waals surface area contributed by atoms with Crippen molar-refractivity contribution in [3.63, 3.8) is 0 Å². The summed E-state index contributed by atoms with van der Waals surface area (Å²) in [5, 5.41) is 0. The minimum atomic E-state index is -2.23. The molecule has 80 valence electrons. The lowest BCUT2D eigenvalue weighted by atomic mass is 10.1. The second kappa shape index (κ2) is 5.05. The second-order valence-corrected chi connectivity index (χ2v) is 4.23. The number of aryl methyl sites for hydroxylation is 2. The molecule has 0 saturated heterocycles. The van der Waals surface area contributed by atoms with Crippen LogP contribution in [0.1, 0.15) is 16.7 Å². The molecule has 2 nitrogen and oxygen atoms in total. The molecule has 0 aliphatic rings. The van der Waals surface area contributed by atoms with Crippen LogP contribution in [0.5, 0.6) is 0 Å². The van der Waals surface area contributed by atoms with Gasteiger partial charge in [0.1, 0.15) is 0 Å². The van der Waals surface area contributed by atoms with E-state index in [0.717, 1.165) is 16.7 Å². The molecule has 0 saturated carbocycles. The van der Waals surface area contributed by atoms with E-state index >= 15 is 0 Å². The molecule has 1 aromatic carbocycles. The summed E-state index contributed by atoms with van der Waals surface area (Å²) >= 11 is -2.23. The summed E-state index contributed by atoms with van der Waals surface area (Å²) in [6.45, 7) is 7.37. The monoisotopic (exact) mass is 221 g/mol. The van der Waals surface area contributed by atoms with Crippen molar-refractivity contribution in [1.82, 2.24) is 0 Å². The summed E-state index contributed by atoms with van der Waals surface area (Å²) in [6, 6.07) is 5.67. The summed E-state index contributed by atoms with van der Waals surface area (Å²) in [5.41, 5.74) is 2.80. The first-order valence-corrected chi connectivity index (χ1v) is 5.63. The van der Waals surface area contributed by atoms with E-state index in [0.29, 0.717) is 0 Å². The van der Waals surface area contributed by atoms with Crippen LogP contribution in [0.15, 0.2) is 36.9 Å². The predicted molar refractivity (Wildman–Crippen MR) is 63.0 cm³/mol. The van der Waals surface area contributed by atoms with E-state index in [4.69, 9.17) is 0 Å². The highest BCUT2D eigenvalue weighted by atomic mass is 32.2. The van der Waals surface area contributed by atoms with E-state index < -0.39 is 11.1 Å². The van der Waals surface area contributed by atoms with Crippen LogP contribution in [0, 0.1) is 13.8 Å². The Labute approximate surface area is 92.6 Å². The molecule has 0 heterocycles. The third-order valence-corrected chi connectivity index (χ3v) is 2.81. The van der Waals surface area contributed by atoms with Gasteiger partial charge in [-0.2, -0.15) is 0 Å². The summed E-state index contributed by atoms with van der Waals surface area (Å²) in [5.74, 6) is 0. The Kier molecular flexibility index (Phi) is 4.00. The third kappa shape index (κ3) is 2.88. The zero-order chi connectivity index (χ0) is 11.4. The Morgan fingerprint density at radius 3 is 2.60 bits per heavy atom. The van der Waals surface area contributed by atoms with Crippen molar-refractivity contribution in [2.24, 2.45) is 0 Å². The molecule has 0 N–H and O–H groups in total. The highest BCUT2D eigenvalue weighted by Gasteiger charge is 2.04. The first-order valence-electron chi connectivity index (χ1n) is 4.56. The largest absolute Gasteiger partial charge is 0.768 e. The third-order valence-electron chi connectivity index (χ3n) is 2.10. The van der Waals surface area contributed by atoms with Crippen molar-refractivity contribution in [3.05, 3.63) is 53.6 Å². The van der Waals surface area contributed by atoms with Gasteiger partial charge < -0.3 is 4.55 Å². The number of benzene rings is 1. The molecule has 3 heteroatoms. The number of allylic oxidation sites excluding steroid dienone is 2. The summed E-state index contributed by atoms with van der Waals surface area (Å²) in [6.07, 6.45) is 2.98. The Morgan fingerprint density at radius 1 is 1.47 bits per heavy atom. The molecule has 0 fully saturated rings. The topological polar surface area (TPSA) is 40.1 Å². The fraction of sp³-hybridized carbons (Fsp3) is 0.167. The molecular formula is C12H13O2S-. The fourth-order valence-corrected chi connectivity index (χ4v) is 2.05. The Bertz CT molecular complexity index is 433. The highest BCUT2D eigenvalue weighted by Crippen LogP contribution is 2.22. The van der Waals surface area contributed by atoms with Crippen LogP contribution in [-0.4, -0.2) is 8.76 Å². The average Bonchev–Trinajstić information content (AvgIpc) is 2.15. The molecule has 0 aliphatic heterocycles. The maximum absolute atomic E-state index is 11.0. The van der Waals surface area contributed by atoms with Gasteiger partial charge in [-0.05, 0) is 42.1 Å². The average molecular weight is 221 g/mol. The molecule has 1 atom stereocenters. The molecule has 0 bridgehead atoms.